The van der Waals surface area contributed by atoms with Crippen molar-refractivity contribution in [2.24, 2.45) is 5.90 Å². The molecule has 1 rings (SSSR count). The highest BCUT2D eigenvalue weighted by Crippen LogP contribution is 2.30. The van der Waals surface area contributed by atoms with Gasteiger partial charge in [-0.25, -0.2) is 5.90 Å². The molecule has 2 N–H and O–H groups in total. The normalized spacial score (nSPS) is 10.3. The Hall–Kier alpha value is -0.770. The van der Waals surface area contributed by atoms with Crippen LogP contribution >= 0.6 is 11.6 Å². The Labute approximate surface area is 88.7 Å². The standard InChI is InChI=1S/C10H14ClNO2/c1-7-3-4-9(11)8(5-6-14-12)10(7)13-2/h3-4H,5-6,12H2,1-2H3. The van der Waals surface area contributed by atoms with Crippen LogP contribution in [0.3, 0.4) is 0 Å². The molecular formula is C10H14ClNO2. The summed E-state index contributed by atoms with van der Waals surface area (Å²) in [5.74, 6) is 5.79. The second-order valence-corrected chi connectivity index (χ2v) is 3.40. The van der Waals surface area contributed by atoms with Crippen LogP contribution in [0.1, 0.15) is 11.1 Å². The van der Waals surface area contributed by atoms with E-state index in [9.17, 15) is 0 Å². The van der Waals surface area contributed by atoms with E-state index >= 15 is 0 Å². The minimum absolute atomic E-state index is 0.430. The maximum atomic E-state index is 6.04. The predicted octanol–water partition coefficient (Wildman–Crippen LogP) is 2.09. The molecule has 0 fully saturated rings. The molecule has 14 heavy (non-hydrogen) atoms. The van der Waals surface area contributed by atoms with Crippen LogP contribution in [-0.4, -0.2) is 13.7 Å². The maximum Gasteiger partial charge on any atom is 0.126 e. The molecule has 0 aromatic heterocycles. The summed E-state index contributed by atoms with van der Waals surface area (Å²) >= 11 is 6.04. The van der Waals surface area contributed by atoms with E-state index in [1.54, 1.807) is 7.11 Å². The largest absolute Gasteiger partial charge is 0.496 e. The zero-order valence-corrected chi connectivity index (χ0v) is 9.10. The molecule has 0 amide bonds. The van der Waals surface area contributed by atoms with Gasteiger partial charge in [-0.05, 0) is 18.6 Å². The molecule has 0 aliphatic carbocycles. The summed E-state index contributed by atoms with van der Waals surface area (Å²) in [6.45, 7) is 2.40. The van der Waals surface area contributed by atoms with Crippen molar-refractivity contribution in [3.63, 3.8) is 0 Å². The first-order chi connectivity index (χ1) is 6.70. The van der Waals surface area contributed by atoms with Crippen LogP contribution in [0, 0.1) is 6.92 Å². The second kappa shape index (κ2) is 5.20. The highest BCUT2D eigenvalue weighted by molar-refractivity contribution is 6.31. The molecule has 0 bridgehead atoms. The number of benzene rings is 1. The first-order valence-electron chi connectivity index (χ1n) is 4.34. The molecule has 78 valence electrons. The Balaban J connectivity index is 3.03. The smallest absolute Gasteiger partial charge is 0.126 e. The van der Waals surface area contributed by atoms with Crippen LogP contribution in [0.5, 0.6) is 5.75 Å². The molecule has 0 aliphatic rings. The first kappa shape index (κ1) is 11.3. The zero-order valence-electron chi connectivity index (χ0n) is 8.34. The summed E-state index contributed by atoms with van der Waals surface area (Å²) < 4.78 is 5.27. The van der Waals surface area contributed by atoms with Crippen LogP contribution in [0.25, 0.3) is 0 Å². The number of methoxy groups -OCH3 is 1. The molecule has 3 nitrogen and oxygen atoms in total. The number of nitrogens with two attached hydrogens (primary N) is 1. The molecule has 0 aliphatic heterocycles. The summed E-state index contributed by atoms with van der Waals surface area (Å²) in [6.07, 6.45) is 0.653. The van der Waals surface area contributed by atoms with Crippen molar-refractivity contribution in [2.45, 2.75) is 13.3 Å². The van der Waals surface area contributed by atoms with Crippen molar-refractivity contribution >= 4 is 11.6 Å². The summed E-state index contributed by atoms with van der Waals surface area (Å²) in [4.78, 5) is 4.53. The number of aryl methyl sites for hydroxylation is 1. The molecule has 0 atom stereocenters. The fourth-order valence-corrected chi connectivity index (χ4v) is 1.64. The molecule has 0 radical (unpaired) electrons. The first-order valence-corrected chi connectivity index (χ1v) is 4.72. The summed E-state index contributed by atoms with van der Waals surface area (Å²) in [7, 11) is 1.63. The average Bonchev–Trinajstić information content (AvgIpc) is 2.19. The van der Waals surface area contributed by atoms with E-state index in [1.807, 2.05) is 19.1 Å². The lowest BCUT2D eigenvalue weighted by molar-refractivity contribution is 0.140. The third-order valence-electron chi connectivity index (χ3n) is 2.07. The fourth-order valence-electron chi connectivity index (χ4n) is 1.40. The van der Waals surface area contributed by atoms with Gasteiger partial charge in [0.05, 0.1) is 13.7 Å². The van der Waals surface area contributed by atoms with Crippen molar-refractivity contribution in [3.8, 4) is 5.75 Å². The van der Waals surface area contributed by atoms with Crippen LogP contribution in [0.2, 0.25) is 5.02 Å². The SMILES string of the molecule is COc1c(C)ccc(Cl)c1CCON. The van der Waals surface area contributed by atoms with Crippen molar-refractivity contribution in [3.05, 3.63) is 28.3 Å². The second-order valence-electron chi connectivity index (χ2n) is 3.00. The van der Waals surface area contributed by atoms with Gasteiger partial charge in [0.25, 0.3) is 0 Å². The van der Waals surface area contributed by atoms with Crippen molar-refractivity contribution in [1.29, 1.82) is 0 Å². The number of halogens is 1. The lowest BCUT2D eigenvalue weighted by atomic mass is 10.1. The van der Waals surface area contributed by atoms with Gasteiger partial charge in [-0.15, -0.1) is 0 Å². The molecule has 4 heteroatoms. The number of hydrogen-bond acceptors (Lipinski definition) is 3. The highest BCUT2D eigenvalue weighted by atomic mass is 35.5. The molecule has 0 heterocycles. The van der Waals surface area contributed by atoms with Gasteiger partial charge in [0.2, 0.25) is 0 Å². The molecular weight excluding hydrogens is 202 g/mol. The van der Waals surface area contributed by atoms with Crippen molar-refractivity contribution in [1.82, 2.24) is 0 Å². The van der Waals surface area contributed by atoms with Gasteiger partial charge in [0.15, 0.2) is 0 Å². The Kier molecular flexibility index (Phi) is 4.20. The third-order valence-corrected chi connectivity index (χ3v) is 2.43. The minimum Gasteiger partial charge on any atom is -0.496 e. The van der Waals surface area contributed by atoms with E-state index in [0.717, 1.165) is 16.9 Å². The zero-order chi connectivity index (χ0) is 10.6. The highest BCUT2D eigenvalue weighted by Gasteiger charge is 2.10. The number of rotatable bonds is 4. The van der Waals surface area contributed by atoms with Gasteiger partial charge in [-0.2, -0.15) is 0 Å². The number of ether oxygens (including phenoxy) is 1. The van der Waals surface area contributed by atoms with Crippen LogP contribution < -0.4 is 10.6 Å². The fraction of sp³-hybridized carbons (Fsp3) is 0.400. The Bertz CT molecular complexity index is 315. The quantitative estimate of drug-likeness (QED) is 0.783. The third kappa shape index (κ3) is 2.38. The van der Waals surface area contributed by atoms with Gasteiger partial charge in [-0.1, -0.05) is 17.7 Å². The van der Waals surface area contributed by atoms with Gasteiger partial charge in [0, 0.05) is 17.0 Å². The predicted molar refractivity (Wildman–Crippen MR) is 56.6 cm³/mol. The van der Waals surface area contributed by atoms with E-state index in [2.05, 4.69) is 4.84 Å². The minimum atomic E-state index is 0.430. The summed E-state index contributed by atoms with van der Waals surface area (Å²) in [6, 6.07) is 3.78. The van der Waals surface area contributed by atoms with E-state index in [-0.39, 0.29) is 0 Å². The van der Waals surface area contributed by atoms with Gasteiger partial charge >= 0.3 is 0 Å². The Morgan fingerprint density at radius 2 is 2.14 bits per heavy atom. The van der Waals surface area contributed by atoms with Crippen molar-refractivity contribution < 1.29 is 9.57 Å². The van der Waals surface area contributed by atoms with Crippen LogP contribution in [0.4, 0.5) is 0 Å². The van der Waals surface area contributed by atoms with E-state index in [1.165, 1.54) is 0 Å². The van der Waals surface area contributed by atoms with Crippen LogP contribution in [0.15, 0.2) is 12.1 Å². The molecule has 1 aromatic carbocycles. The van der Waals surface area contributed by atoms with E-state index < -0.39 is 0 Å². The molecule has 0 saturated carbocycles. The lowest BCUT2D eigenvalue weighted by Crippen LogP contribution is -2.06. The van der Waals surface area contributed by atoms with Crippen LogP contribution in [-0.2, 0) is 11.3 Å². The summed E-state index contributed by atoms with van der Waals surface area (Å²) in [5.41, 5.74) is 2.00. The van der Waals surface area contributed by atoms with Gasteiger partial charge in [-0.3, -0.25) is 0 Å². The molecule has 1 aromatic rings. The molecule has 0 unspecified atom stereocenters. The van der Waals surface area contributed by atoms with Gasteiger partial charge in [0.1, 0.15) is 5.75 Å². The van der Waals surface area contributed by atoms with E-state index in [0.29, 0.717) is 18.1 Å². The Morgan fingerprint density at radius 1 is 1.43 bits per heavy atom. The van der Waals surface area contributed by atoms with Gasteiger partial charge < -0.3 is 9.57 Å². The number of hydrogen-bond donors (Lipinski definition) is 1. The average molecular weight is 216 g/mol. The monoisotopic (exact) mass is 215 g/mol. The van der Waals surface area contributed by atoms with Crippen molar-refractivity contribution in [2.75, 3.05) is 13.7 Å². The lowest BCUT2D eigenvalue weighted by Gasteiger charge is -2.12. The topological polar surface area (TPSA) is 44.5 Å². The molecule has 0 saturated heterocycles. The maximum absolute atomic E-state index is 6.04. The van der Waals surface area contributed by atoms with E-state index in [4.69, 9.17) is 22.2 Å². The summed E-state index contributed by atoms with van der Waals surface area (Å²) in [5, 5.41) is 0.685. The Morgan fingerprint density at radius 3 is 2.71 bits per heavy atom. The molecule has 0 spiro atoms.